The second-order valence-corrected chi connectivity index (χ2v) is 8.79. The van der Waals surface area contributed by atoms with Crippen LogP contribution in [0.3, 0.4) is 0 Å². The Morgan fingerprint density at radius 3 is 2.32 bits per heavy atom. The Kier molecular flexibility index (Phi) is 8.38. The van der Waals surface area contributed by atoms with Gasteiger partial charge in [-0.25, -0.2) is 4.79 Å². The minimum atomic E-state index is -0.905. The molecule has 2 atom stereocenters. The van der Waals surface area contributed by atoms with Gasteiger partial charge in [0.1, 0.15) is 28.9 Å². The molecule has 0 aliphatic carbocycles. The lowest BCUT2D eigenvalue weighted by Gasteiger charge is -2.27. The number of carbonyl (C=O) groups is 2. The Morgan fingerprint density at radius 1 is 0.947 bits per heavy atom. The van der Waals surface area contributed by atoms with Gasteiger partial charge in [-0.3, -0.25) is 4.79 Å². The summed E-state index contributed by atoms with van der Waals surface area (Å²) in [6, 6.07) is 15.1. The van der Waals surface area contributed by atoms with Crippen LogP contribution in [0.1, 0.15) is 21.5 Å². The van der Waals surface area contributed by atoms with Gasteiger partial charge >= 0.3 is 5.97 Å². The van der Waals surface area contributed by atoms with E-state index in [0.29, 0.717) is 40.7 Å². The van der Waals surface area contributed by atoms with Crippen LogP contribution in [0.15, 0.2) is 54.6 Å². The number of carbonyl (C=O) groups excluding carboxylic acids is 2. The first-order chi connectivity index (χ1) is 18.4. The van der Waals surface area contributed by atoms with Crippen LogP contribution in [-0.2, 0) is 17.6 Å². The Labute approximate surface area is 221 Å². The van der Waals surface area contributed by atoms with Gasteiger partial charge in [-0.05, 0) is 35.7 Å². The van der Waals surface area contributed by atoms with Crippen molar-refractivity contribution >= 4 is 11.8 Å². The van der Waals surface area contributed by atoms with E-state index in [0.717, 1.165) is 11.1 Å². The van der Waals surface area contributed by atoms with Crippen LogP contribution < -0.4 is 34.2 Å². The molecule has 1 heterocycles. The molecule has 3 aromatic carbocycles. The molecule has 9 nitrogen and oxygen atoms in total. The van der Waals surface area contributed by atoms with Crippen molar-refractivity contribution in [1.29, 1.82) is 0 Å². The van der Waals surface area contributed by atoms with Crippen molar-refractivity contribution in [2.24, 2.45) is 11.7 Å². The van der Waals surface area contributed by atoms with Crippen LogP contribution in [0.5, 0.6) is 34.5 Å². The molecule has 0 bridgehead atoms. The molecule has 4 rings (SSSR count). The van der Waals surface area contributed by atoms with Crippen molar-refractivity contribution in [1.82, 2.24) is 0 Å². The minimum Gasteiger partial charge on any atom is -0.496 e. The van der Waals surface area contributed by atoms with Gasteiger partial charge in [0, 0.05) is 12.5 Å². The van der Waals surface area contributed by atoms with Crippen LogP contribution in [0, 0.1) is 5.92 Å². The second kappa shape index (κ2) is 11.9. The van der Waals surface area contributed by atoms with E-state index in [1.807, 2.05) is 18.2 Å². The maximum absolute atomic E-state index is 13.6. The fourth-order valence-corrected chi connectivity index (χ4v) is 4.51. The number of benzene rings is 3. The molecule has 1 unspecified atom stereocenters. The molecular formula is C29H31NO8. The molecule has 0 saturated carbocycles. The summed E-state index contributed by atoms with van der Waals surface area (Å²) in [5.41, 5.74) is 8.10. The van der Waals surface area contributed by atoms with Gasteiger partial charge in [0.2, 0.25) is 5.75 Å². The van der Waals surface area contributed by atoms with Gasteiger partial charge in [-0.2, -0.15) is 0 Å². The zero-order valence-electron chi connectivity index (χ0n) is 21.8. The molecule has 0 spiro atoms. The van der Waals surface area contributed by atoms with Crippen LogP contribution in [-0.4, -0.2) is 52.8 Å². The smallest absolute Gasteiger partial charge is 0.328 e. The summed E-state index contributed by atoms with van der Waals surface area (Å²) >= 11 is 0. The van der Waals surface area contributed by atoms with Crippen LogP contribution in [0.4, 0.5) is 0 Å². The molecule has 2 N–H and O–H groups in total. The lowest BCUT2D eigenvalue weighted by atomic mass is 9.88. The molecule has 3 aromatic rings. The van der Waals surface area contributed by atoms with Gasteiger partial charge in [0.15, 0.2) is 17.3 Å². The Balaban J connectivity index is 1.54. The molecule has 0 aromatic heterocycles. The zero-order valence-corrected chi connectivity index (χ0v) is 21.8. The summed E-state index contributed by atoms with van der Waals surface area (Å²) in [4.78, 5) is 26.1. The van der Waals surface area contributed by atoms with Crippen molar-refractivity contribution in [2.45, 2.75) is 18.9 Å². The van der Waals surface area contributed by atoms with Gasteiger partial charge < -0.3 is 34.2 Å². The summed E-state index contributed by atoms with van der Waals surface area (Å²) in [5.74, 6) is 1.28. The normalized spacial score (nSPS) is 15.1. The SMILES string of the molecule is COc1ccc(CC2COc3cc(OC)c(OC)c(OC)c3C2=O)cc1C[C@H](N)C(=O)Oc1ccccc1. The quantitative estimate of drug-likeness (QED) is 0.315. The van der Waals surface area contributed by atoms with Crippen molar-refractivity contribution in [3.63, 3.8) is 0 Å². The molecule has 38 heavy (non-hydrogen) atoms. The third-order valence-electron chi connectivity index (χ3n) is 6.38. The van der Waals surface area contributed by atoms with Crippen molar-refractivity contribution in [2.75, 3.05) is 35.0 Å². The van der Waals surface area contributed by atoms with Gasteiger partial charge in [-0.15, -0.1) is 0 Å². The number of Topliss-reactive ketones (excluding diaryl/α,β-unsaturated/α-hetero) is 1. The van der Waals surface area contributed by atoms with E-state index in [4.69, 9.17) is 34.2 Å². The van der Waals surface area contributed by atoms with Crippen LogP contribution in [0.25, 0.3) is 0 Å². The van der Waals surface area contributed by atoms with Crippen molar-refractivity contribution in [3.8, 4) is 34.5 Å². The van der Waals surface area contributed by atoms with Gasteiger partial charge in [0.05, 0.1) is 41.0 Å². The predicted octanol–water partition coefficient (Wildman–Crippen LogP) is 3.63. The number of hydrogen-bond acceptors (Lipinski definition) is 9. The van der Waals surface area contributed by atoms with Crippen molar-refractivity contribution in [3.05, 3.63) is 71.3 Å². The molecule has 200 valence electrons. The number of nitrogens with two attached hydrogens (primary N) is 1. The van der Waals surface area contributed by atoms with Gasteiger partial charge in [-0.1, -0.05) is 30.3 Å². The first-order valence-electron chi connectivity index (χ1n) is 12.1. The summed E-state index contributed by atoms with van der Waals surface area (Å²) in [7, 11) is 6.01. The number of fused-ring (bicyclic) bond motifs is 1. The highest BCUT2D eigenvalue weighted by Crippen LogP contribution is 2.47. The lowest BCUT2D eigenvalue weighted by molar-refractivity contribution is -0.135. The highest BCUT2D eigenvalue weighted by atomic mass is 16.5. The fraction of sp³-hybridized carbons (Fsp3) is 0.310. The topological polar surface area (TPSA) is 116 Å². The van der Waals surface area contributed by atoms with E-state index in [-0.39, 0.29) is 24.6 Å². The minimum absolute atomic E-state index is 0.121. The molecule has 0 amide bonds. The monoisotopic (exact) mass is 521 g/mol. The van der Waals surface area contributed by atoms with Gasteiger partial charge in [0.25, 0.3) is 0 Å². The molecule has 9 heteroatoms. The first kappa shape index (κ1) is 26.8. The number of rotatable bonds is 10. The van der Waals surface area contributed by atoms with E-state index in [2.05, 4.69) is 0 Å². The Morgan fingerprint density at radius 2 is 1.66 bits per heavy atom. The maximum atomic E-state index is 13.6. The van der Waals surface area contributed by atoms with Crippen LogP contribution in [0.2, 0.25) is 0 Å². The predicted molar refractivity (Wildman–Crippen MR) is 140 cm³/mol. The largest absolute Gasteiger partial charge is 0.496 e. The molecule has 1 aliphatic heterocycles. The van der Waals surface area contributed by atoms with E-state index in [9.17, 15) is 9.59 Å². The number of esters is 1. The number of ketones is 1. The number of ether oxygens (including phenoxy) is 6. The standard InChI is InChI=1S/C29H31NO8/c1-33-22-11-10-17(12-18(22)14-21(30)29(32)38-20-8-6-5-7-9-20)13-19-16-37-23-15-24(34-2)27(35-3)28(36-4)25(23)26(19)31/h5-12,15,19,21H,13-14,16,30H2,1-4H3/t19?,21-/m0/s1. The van der Waals surface area contributed by atoms with Crippen molar-refractivity contribution < 1.29 is 38.0 Å². The molecule has 0 saturated heterocycles. The highest BCUT2D eigenvalue weighted by molar-refractivity contribution is 6.05. The summed E-state index contributed by atoms with van der Waals surface area (Å²) < 4.78 is 33.2. The molecule has 0 radical (unpaired) electrons. The summed E-state index contributed by atoms with van der Waals surface area (Å²) in [6.45, 7) is 0.189. The summed E-state index contributed by atoms with van der Waals surface area (Å²) in [5, 5.41) is 0. The molecule has 0 fully saturated rings. The number of para-hydroxylation sites is 1. The van der Waals surface area contributed by atoms with E-state index in [1.165, 1.54) is 21.3 Å². The molecule has 1 aliphatic rings. The zero-order chi connectivity index (χ0) is 27.2. The Hall–Kier alpha value is -4.24. The second-order valence-electron chi connectivity index (χ2n) is 8.79. The first-order valence-corrected chi connectivity index (χ1v) is 12.1. The number of methoxy groups -OCH3 is 4. The van der Waals surface area contributed by atoms with E-state index in [1.54, 1.807) is 43.5 Å². The Bertz CT molecular complexity index is 1310. The third kappa shape index (κ3) is 5.52. The third-order valence-corrected chi connectivity index (χ3v) is 6.38. The molecular weight excluding hydrogens is 490 g/mol. The van der Waals surface area contributed by atoms with E-state index >= 15 is 0 Å². The lowest BCUT2D eigenvalue weighted by Crippen LogP contribution is -2.36. The average Bonchev–Trinajstić information content (AvgIpc) is 2.94. The van der Waals surface area contributed by atoms with E-state index < -0.39 is 17.9 Å². The number of hydrogen-bond donors (Lipinski definition) is 1. The maximum Gasteiger partial charge on any atom is 0.328 e. The highest BCUT2D eigenvalue weighted by Gasteiger charge is 2.35. The fourth-order valence-electron chi connectivity index (χ4n) is 4.51. The average molecular weight is 522 g/mol. The summed E-state index contributed by atoms with van der Waals surface area (Å²) in [6.07, 6.45) is 0.599. The van der Waals surface area contributed by atoms with Crippen LogP contribution >= 0.6 is 0 Å².